The first-order valence-corrected chi connectivity index (χ1v) is 5.54. The predicted molar refractivity (Wildman–Crippen MR) is 65.4 cm³/mol. The van der Waals surface area contributed by atoms with Crippen LogP contribution in [0.3, 0.4) is 0 Å². The molecule has 0 heterocycles. The van der Waals surface area contributed by atoms with Crippen LogP contribution < -0.4 is 0 Å². The second kappa shape index (κ2) is 5.51. The number of phenols is 2. The molecule has 2 N–H and O–H groups in total. The minimum Gasteiger partial charge on any atom is -0.504 e. The second-order valence-electron chi connectivity index (χ2n) is 4.33. The lowest BCUT2D eigenvalue weighted by molar-refractivity contribution is -0.561. The van der Waals surface area contributed by atoms with Crippen LogP contribution in [0.25, 0.3) is 0 Å². The summed E-state index contributed by atoms with van der Waals surface area (Å²) in [7, 11) is 0. The number of hydrogen-bond donors (Lipinski definition) is 2. The number of hydrogen-bond acceptors (Lipinski definition) is 6. The Kier molecular flexibility index (Phi) is 4.26. The van der Waals surface area contributed by atoms with Gasteiger partial charge in [-0.3, -0.25) is 20.2 Å². The Labute approximate surface area is 108 Å². The van der Waals surface area contributed by atoms with E-state index in [1.54, 1.807) is 0 Å². The third kappa shape index (κ3) is 3.09. The van der Waals surface area contributed by atoms with Crippen molar-refractivity contribution >= 4 is 0 Å². The van der Waals surface area contributed by atoms with Gasteiger partial charge in [0.2, 0.25) is 12.1 Å². The molecule has 104 valence electrons. The van der Waals surface area contributed by atoms with Crippen molar-refractivity contribution in [2.24, 2.45) is 0 Å². The summed E-state index contributed by atoms with van der Waals surface area (Å²) in [6.45, 7) is 2.54. The molecular formula is C11H14N2O6. The number of nitro groups is 2. The molecule has 0 spiro atoms. The van der Waals surface area contributed by atoms with E-state index in [-0.39, 0.29) is 11.3 Å². The SMILES string of the molecule is CC(C(c1ccc(O)c(O)c1)C(C)[N+](=O)[O-])[N+](=O)[O-]. The molecule has 0 bridgehead atoms. The smallest absolute Gasteiger partial charge is 0.223 e. The highest BCUT2D eigenvalue weighted by molar-refractivity contribution is 5.42. The summed E-state index contributed by atoms with van der Waals surface area (Å²) in [5.74, 6) is -1.85. The molecule has 0 aromatic heterocycles. The highest BCUT2D eigenvalue weighted by Crippen LogP contribution is 2.33. The normalized spacial score (nSPS) is 15.5. The highest BCUT2D eigenvalue weighted by atomic mass is 16.6. The lowest BCUT2D eigenvalue weighted by Gasteiger charge is -2.20. The van der Waals surface area contributed by atoms with Gasteiger partial charge >= 0.3 is 0 Å². The topological polar surface area (TPSA) is 127 Å². The lowest BCUT2D eigenvalue weighted by Crippen LogP contribution is -2.35. The van der Waals surface area contributed by atoms with Crippen molar-refractivity contribution < 1.29 is 20.1 Å². The van der Waals surface area contributed by atoms with Crippen molar-refractivity contribution in [3.05, 3.63) is 44.0 Å². The fourth-order valence-corrected chi connectivity index (χ4v) is 1.97. The van der Waals surface area contributed by atoms with Gasteiger partial charge in [0.15, 0.2) is 11.5 Å². The summed E-state index contributed by atoms with van der Waals surface area (Å²) < 4.78 is 0. The first-order valence-electron chi connectivity index (χ1n) is 5.54. The van der Waals surface area contributed by atoms with Crippen LogP contribution >= 0.6 is 0 Å². The van der Waals surface area contributed by atoms with Crippen LogP contribution in [-0.2, 0) is 0 Å². The van der Waals surface area contributed by atoms with Crippen molar-refractivity contribution in [1.29, 1.82) is 0 Å². The summed E-state index contributed by atoms with van der Waals surface area (Å²) in [5, 5.41) is 40.3. The molecule has 0 aliphatic rings. The van der Waals surface area contributed by atoms with Crippen LogP contribution in [0.2, 0.25) is 0 Å². The minimum absolute atomic E-state index is 0.240. The fourth-order valence-electron chi connectivity index (χ4n) is 1.97. The molecule has 0 aliphatic carbocycles. The summed E-state index contributed by atoms with van der Waals surface area (Å²) in [4.78, 5) is 20.5. The van der Waals surface area contributed by atoms with Crippen molar-refractivity contribution in [2.45, 2.75) is 31.8 Å². The molecular weight excluding hydrogens is 256 g/mol. The molecule has 0 radical (unpaired) electrons. The first-order chi connectivity index (χ1) is 8.75. The molecule has 0 saturated carbocycles. The molecule has 2 atom stereocenters. The largest absolute Gasteiger partial charge is 0.504 e. The van der Waals surface area contributed by atoms with Gasteiger partial charge in [0.25, 0.3) is 0 Å². The van der Waals surface area contributed by atoms with Crippen molar-refractivity contribution in [1.82, 2.24) is 0 Å². The summed E-state index contributed by atoms with van der Waals surface area (Å²) in [6, 6.07) is 1.21. The molecule has 0 fully saturated rings. The van der Waals surface area contributed by atoms with E-state index in [1.165, 1.54) is 19.9 Å². The van der Waals surface area contributed by atoms with E-state index in [0.29, 0.717) is 0 Å². The van der Waals surface area contributed by atoms with E-state index in [0.717, 1.165) is 12.1 Å². The maximum absolute atomic E-state index is 10.9. The van der Waals surface area contributed by atoms with Crippen LogP contribution in [0, 0.1) is 20.2 Å². The predicted octanol–water partition coefficient (Wildman–Crippen LogP) is 1.51. The van der Waals surface area contributed by atoms with Crippen molar-refractivity contribution in [2.75, 3.05) is 0 Å². The minimum atomic E-state index is -1.19. The van der Waals surface area contributed by atoms with Gasteiger partial charge in [-0.1, -0.05) is 6.07 Å². The zero-order chi connectivity index (χ0) is 14.7. The number of aromatic hydroxyl groups is 2. The Balaban J connectivity index is 3.26. The second-order valence-corrected chi connectivity index (χ2v) is 4.33. The van der Waals surface area contributed by atoms with E-state index < -0.39 is 33.6 Å². The molecule has 1 aromatic rings. The zero-order valence-electron chi connectivity index (χ0n) is 10.4. The molecule has 8 nitrogen and oxygen atoms in total. The average Bonchev–Trinajstić information content (AvgIpc) is 2.33. The van der Waals surface area contributed by atoms with Crippen LogP contribution in [0.4, 0.5) is 0 Å². The monoisotopic (exact) mass is 270 g/mol. The Morgan fingerprint density at radius 2 is 1.47 bits per heavy atom. The molecule has 2 unspecified atom stereocenters. The van der Waals surface area contributed by atoms with Gasteiger partial charge in [-0.25, -0.2) is 0 Å². The number of rotatable bonds is 5. The summed E-state index contributed by atoms with van der Waals surface area (Å²) >= 11 is 0. The van der Waals surface area contributed by atoms with Gasteiger partial charge in [0.1, 0.15) is 5.92 Å². The molecule has 0 amide bonds. The third-order valence-electron chi connectivity index (χ3n) is 3.09. The maximum Gasteiger partial charge on any atom is 0.223 e. The zero-order valence-corrected chi connectivity index (χ0v) is 10.4. The fraction of sp³-hybridized carbons (Fsp3) is 0.455. The van der Waals surface area contributed by atoms with Crippen LogP contribution in [0.5, 0.6) is 11.5 Å². The van der Waals surface area contributed by atoms with E-state index in [2.05, 4.69) is 0 Å². The van der Waals surface area contributed by atoms with E-state index >= 15 is 0 Å². The van der Waals surface area contributed by atoms with Gasteiger partial charge < -0.3 is 10.2 Å². The van der Waals surface area contributed by atoms with Crippen LogP contribution in [0.15, 0.2) is 18.2 Å². The first kappa shape index (κ1) is 14.7. The Bertz CT molecular complexity index is 484. The third-order valence-corrected chi connectivity index (χ3v) is 3.09. The van der Waals surface area contributed by atoms with Gasteiger partial charge in [-0.2, -0.15) is 0 Å². The van der Waals surface area contributed by atoms with Gasteiger partial charge in [-0.05, 0) is 17.7 Å². The van der Waals surface area contributed by atoms with Gasteiger partial charge in [0.05, 0.1) is 0 Å². The lowest BCUT2D eigenvalue weighted by atomic mass is 9.87. The van der Waals surface area contributed by atoms with Gasteiger partial charge in [-0.15, -0.1) is 0 Å². The Morgan fingerprint density at radius 3 is 1.84 bits per heavy atom. The highest BCUT2D eigenvalue weighted by Gasteiger charge is 2.39. The Morgan fingerprint density at radius 1 is 1.00 bits per heavy atom. The summed E-state index contributed by atoms with van der Waals surface area (Å²) in [6.07, 6.45) is 0. The molecule has 1 aromatic carbocycles. The van der Waals surface area contributed by atoms with E-state index in [9.17, 15) is 30.4 Å². The van der Waals surface area contributed by atoms with Crippen molar-refractivity contribution in [3.8, 4) is 11.5 Å². The van der Waals surface area contributed by atoms with Crippen LogP contribution in [0.1, 0.15) is 25.3 Å². The molecule has 0 aliphatic heterocycles. The quantitative estimate of drug-likeness (QED) is 0.474. The van der Waals surface area contributed by atoms with Gasteiger partial charge in [0, 0.05) is 23.7 Å². The molecule has 0 saturated heterocycles. The van der Waals surface area contributed by atoms with Crippen LogP contribution in [-0.4, -0.2) is 32.1 Å². The molecule has 19 heavy (non-hydrogen) atoms. The van der Waals surface area contributed by atoms with E-state index in [1.807, 2.05) is 0 Å². The number of phenolic OH excluding ortho intramolecular Hbond substituents is 2. The maximum atomic E-state index is 10.9. The number of benzene rings is 1. The van der Waals surface area contributed by atoms with Crippen molar-refractivity contribution in [3.63, 3.8) is 0 Å². The molecule has 1 rings (SSSR count). The average molecular weight is 270 g/mol. The Hall–Kier alpha value is -2.38. The number of nitrogens with zero attached hydrogens (tertiary/aromatic N) is 2. The summed E-state index contributed by atoms with van der Waals surface area (Å²) in [5.41, 5.74) is 0.240. The van der Waals surface area contributed by atoms with E-state index in [4.69, 9.17) is 0 Å². The molecule has 8 heteroatoms. The standard InChI is InChI=1S/C11H14N2O6/c1-6(12(16)17)11(7(2)13(18)19)8-3-4-9(14)10(15)5-8/h3-7,11,14-15H,1-2H3.